The van der Waals surface area contributed by atoms with Gasteiger partial charge in [0, 0.05) is 12.5 Å². The summed E-state index contributed by atoms with van der Waals surface area (Å²) in [6.07, 6.45) is 6.59. The molecule has 1 aliphatic heterocycles. The van der Waals surface area contributed by atoms with Gasteiger partial charge in [0.1, 0.15) is 0 Å². The molecule has 1 saturated carbocycles. The van der Waals surface area contributed by atoms with Gasteiger partial charge in [0.15, 0.2) is 0 Å². The van der Waals surface area contributed by atoms with Crippen LogP contribution in [0.15, 0.2) is 24.3 Å². The van der Waals surface area contributed by atoms with Gasteiger partial charge in [-0.1, -0.05) is 49.1 Å². The molecule has 21 heavy (non-hydrogen) atoms. The number of likely N-dealkylation sites (tertiary alicyclic amines) is 1. The molecule has 0 spiro atoms. The summed E-state index contributed by atoms with van der Waals surface area (Å²) in [4.78, 5) is 26.5. The van der Waals surface area contributed by atoms with Crippen molar-refractivity contribution in [1.82, 2.24) is 4.90 Å². The third kappa shape index (κ3) is 3.02. The van der Waals surface area contributed by atoms with E-state index < -0.39 is 0 Å². The van der Waals surface area contributed by atoms with Crippen molar-refractivity contribution in [3.63, 3.8) is 0 Å². The molecular formula is C18H23NO2. The fraction of sp³-hybridized carbons (Fsp3) is 0.556. The number of amides is 2. The molecule has 2 fully saturated rings. The number of carbonyl (C=O) groups excluding carboxylic acids is 2. The maximum absolute atomic E-state index is 12.6. The lowest BCUT2D eigenvalue weighted by Crippen LogP contribution is -2.41. The van der Waals surface area contributed by atoms with Crippen LogP contribution < -0.4 is 0 Å². The Morgan fingerprint density at radius 3 is 2.62 bits per heavy atom. The maximum atomic E-state index is 12.6. The molecule has 112 valence electrons. The minimum Gasteiger partial charge on any atom is -0.279 e. The fourth-order valence-corrected chi connectivity index (χ4v) is 3.72. The van der Waals surface area contributed by atoms with Gasteiger partial charge in [-0.15, -0.1) is 0 Å². The Morgan fingerprint density at radius 1 is 1.14 bits per heavy atom. The number of aryl methyl sites for hydroxylation is 1. The van der Waals surface area contributed by atoms with Gasteiger partial charge in [0.2, 0.25) is 11.8 Å². The minimum absolute atomic E-state index is 0.0459. The van der Waals surface area contributed by atoms with E-state index >= 15 is 0 Å². The first-order chi connectivity index (χ1) is 10.1. The van der Waals surface area contributed by atoms with Crippen molar-refractivity contribution in [3.8, 4) is 0 Å². The summed E-state index contributed by atoms with van der Waals surface area (Å²) >= 11 is 0. The average molecular weight is 285 g/mol. The van der Waals surface area contributed by atoms with Gasteiger partial charge in [0.25, 0.3) is 0 Å². The van der Waals surface area contributed by atoms with E-state index in [4.69, 9.17) is 0 Å². The second-order valence-corrected chi connectivity index (χ2v) is 6.49. The van der Waals surface area contributed by atoms with Gasteiger partial charge in [-0.25, -0.2) is 0 Å². The molecule has 0 aromatic heterocycles. The molecule has 1 heterocycles. The molecule has 1 saturated heterocycles. The molecule has 0 unspecified atom stereocenters. The lowest BCUT2D eigenvalue weighted by Gasteiger charge is -2.29. The SMILES string of the molecule is Cc1cccc(C[C@@H]2CC(=O)N(C3CCCCC3)C2=O)c1. The zero-order valence-electron chi connectivity index (χ0n) is 12.7. The molecule has 0 N–H and O–H groups in total. The van der Waals surface area contributed by atoms with E-state index in [0.717, 1.165) is 31.2 Å². The topological polar surface area (TPSA) is 37.4 Å². The van der Waals surface area contributed by atoms with Crippen LogP contribution in [0.2, 0.25) is 0 Å². The Morgan fingerprint density at radius 2 is 1.90 bits per heavy atom. The molecule has 1 aromatic carbocycles. The van der Waals surface area contributed by atoms with Gasteiger partial charge < -0.3 is 0 Å². The highest BCUT2D eigenvalue weighted by molar-refractivity contribution is 6.04. The largest absolute Gasteiger partial charge is 0.279 e. The summed E-state index contributed by atoms with van der Waals surface area (Å²) in [6, 6.07) is 8.40. The summed E-state index contributed by atoms with van der Waals surface area (Å²) in [6.45, 7) is 2.06. The standard InChI is InChI=1S/C18H23NO2/c1-13-6-5-7-14(10-13)11-15-12-17(20)19(18(15)21)16-8-3-2-4-9-16/h5-7,10,15-16H,2-4,8-9,11-12H2,1H3/t15-/m1/s1. The predicted molar refractivity (Wildman–Crippen MR) is 81.7 cm³/mol. The third-order valence-corrected chi connectivity index (χ3v) is 4.78. The van der Waals surface area contributed by atoms with Gasteiger partial charge in [-0.2, -0.15) is 0 Å². The van der Waals surface area contributed by atoms with E-state index in [-0.39, 0.29) is 23.8 Å². The van der Waals surface area contributed by atoms with Crippen LogP contribution in [-0.4, -0.2) is 22.8 Å². The number of hydrogen-bond donors (Lipinski definition) is 0. The zero-order valence-corrected chi connectivity index (χ0v) is 12.7. The number of rotatable bonds is 3. The maximum Gasteiger partial charge on any atom is 0.233 e. The van der Waals surface area contributed by atoms with Crippen molar-refractivity contribution in [2.75, 3.05) is 0 Å². The van der Waals surface area contributed by atoms with Crippen LogP contribution in [0.3, 0.4) is 0 Å². The van der Waals surface area contributed by atoms with Crippen LogP contribution >= 0.6 is 0 Å². The molecule has 1 aromatic rings. The smallest absolute Gasteiger partial charge is 0.233 e. The summed E-state index contributed by atoms with van der Waals surface area (Å²) in [5.74, 6) is -0.0424. The Kier molecular flexibility index (Phi) is 4.09. The summed E-state index contributed by atoms with van der Waals surface area (Å²) in [7, 11) is 0. The van der Waals surface area contributed by atoms with Crippen LogP contribution in [0.25, 0.3) is 0 Å². The lowest BCUT2D eigenvalue weighted by atomic mass is 9.94. The predicted octanol–water partition coefficient (Wildman–Crippen LogP) is 3.25. The van der Waals surface area contributed by atoms with Crippen molar-refractivity contribution < 1.29 is 9.59 Å². The van der Waals surface area contributed by atoms with E-state index in [9.17, 15) is 9.59 Å². The molecule has 2 aliphatic rings. The third-order valence-electron chi connectivity index (χ3n) is 4.78. The highest BCUT2D eigenvalue weighted by Crippen LogP contribution is 2.31. The van der Waals surface area contributed by atoms with E-state index in [0.29, 0.717) is 12.8 Å². The van der Waals surface area contributed by atoms with Crippen molar-refractivity contribution >= 4 is 11.8 Å². The number of carbonyl (C=O) groups is 2. The van der Waals surface area contributed by atoms with Crippen molar-refractivity contribution in [2.45, 2.75) is 57.9 Å². The monoisotopic (exact) mass is 285 g/mol. The number of imide groups is 1. The second kappa shape index (κ2) is 6.00. The van der Waals surface area contributed by atoms with Crippen molar-refractivity contribution in [3.05, 3.63) is 35.4 Å². The Labute approximate surface area is 126 Å². The molecular weight excluding hydrogens is 262 g/mol. The fourth-order valence-electron chi connectivity index (χ4n) is 3.72. The van der Waals surface area contributed by atoms with Crippen molar-refractivity contribution in [2.24, 2.45) is 5.92 Å². The molecule has 0 radical (unpaired) electrons. The van der Waals surface area contributed by atoms with Gasteiger partial charge in [0.05, 0.1) is 5.92 Å². The minimum atomic E-state index is -0.152. The normalized spacial score (nSPS) is 23.9. The van der Waals surface area contributed by atoms with Crippen LogP contribution in [0.1, 0.15) is 49.7 Å². The molecule has 3 rings (SSSR count). The Balaban J connectivity index is 1.71. The average Bonchev–Trinajstić information content (AvgIpc) is 2.74. The molecule has 3 nitrogen and oxygen atoms in total. The molecule has 3 heteroatoms. The van der Waals surface area contributed by atoms with E-state index in [1.54, 1.807) is 4.90 Å². The number of hydrogen-bond acceptors (Lipinski definition) is 2. The van der Waals surface area contributed by atoms with E-state index in [2.05, 4.69) is 19.1 Å². The zero-order chi connectivity index (χ0) is 14.8. The molecule has 0 bridgehead atoms. The first kappa shape index (κ1) is 14.3. The highest BCUT2D eigenvalue weighted by atomic mass is 16.2. The van der Waals surface area contributed by atoms with Crippen LogP contribution in [0, 0.1) is 12.8 Å². The lowest BCUT2D eigenvalue weighted by molar-refractivity contribution is -0.142. The second-order valence-electron chi connectivity index (χ2n) is 6.49. The van der Waals surface area contributed by atoms with Gasteiger partial charge in [-0.05, 0) is 31.7 Å². The summed E-state index contributed by atoms with van der Waals surface area (Å²) in [5, 5.41) is 0. The van der Waals surface area contributed by atoms with E-state index in [1.165, 1.54) is 12.0 Å². The van der Waals surface area contributed by atoms with Gasteiger partial charge >= 0.3 is 0 Å². The quantitative estimate of drug-likeness (QED) is 0.799. The van der Waals surface area contributed by atoms with Crippen LogP contribution in [0.5, 0.6) is 0 Å². The Hall–Kier alpha value is -1.64. The van der Waals surface area contributed by atoms with E-state index in [1.807, 2.05) is 12.1 Å². The number of benzene rings is 1. The van der Waals surface area contributed by atoms with Crippen molar-refractivity contribution in [1.29, 1.82) is 0 Å². The van der Waals surface area contributed by atoms with Gasteiger partial charge in [-0.3, -0.25) is 14.5 Å². The first-order valence-electron chi connectivity index (χ1n) is 8.06. The van der Waals surface area contributed by atoms with Crippen LogP contribution in [-0.2, 0) is 16.0 Å². The molecule has 1 aliphatic carbocycles. The summed E-state index contributed by atoms with van der Waals surface area (Å²) in [5.41, 5.74) is 2.36. The highest BCUT2D eigenvalue weighted by Gasteiger charge is 2.42. The van der Waals surface area contributed by atoms with Crippen LogP contribution in [0.4, 0.5) is 0 Å². The first-order valence-corrected chi connectivity index (χ1v) is 8.06. The molecule has 1 atom stereocenters. The number of nitrogens with zero attached hydrogens (tertiary/aromatic N) is 1. The Bertz CT molecular complexity index is 546. The molecule has 2 amide bonds. The summed E-state index contributed by atoms with van der Waals surface area (Å²) < 4.78 is 0.